The minimum absolute atomic E-state index is 0.165. The van der Waals surface area contributed by atoms with Crippen molar-refractivity contribution >= 4 is 11.8 Å². The van der Waals surface area contributed by atoms with Crippen LogP contribution in [0.4, 0.5) is 0 Å². The van der Waals surface area contributed by atoms with Crippen LogP contribution in [0.3, 0.4) is 0 Å². The summed E-state index contributed by atoms with van der Waals surface area (Å²) in [4.78, 5) is 23.0. The smallest absolute Gasteiger partial charge is 0.322 e. The first kappa shape index (κ1) is 19.8. The highest BCUT2D eigenvalue weighted by Crippen LogP contribution is 2.08. The van der Waals surface area contributed by atoms with E-state index in [9.17, 15) is 9.59 Å². The molecule has 0 amide bonds. The number of carbonyl (C=O) groups excluding carboxylic acids is 2. The molecule has 0 spiro atoms. The second-order valence-corrected chi connectivity index (χ2v) is 5.34. The number of ether oxygens (including phenoxy) is 1. The van der Waals surface area contributed by atoms with Crippen LogP contribution in [0.2, 0.25) is 0 Å². The lowest BCUT2D eigenvalue weighted by atomic mass is 10.1. The van der Waals surface area contributed by atoms with Crippen molar-refractivity contribution in [1.29, 1.82) is 0 Å². The highest BCUT2D eigenvalue weighted by molar-refractivity contribution is 5.82. The van der Waals surface area contributed by atoms with E-state index in [1.807, 2.05) is 6.08 Å². The van der Waals surface area contributed by atoms with E-state index in [0.29, 0.717) is 13.0 Å². The van der Waals surface area contributed by atoms with E-state index in [1.165, 1.54) is 25.7 Å². The average Bonchev–Trinajstić information content (AvgIpc) is 2.47. The molecule has 0 saturated carbocycles. The molecular weight excluding hydrogens is 266 g/mol. The number of Topliss-reactive ketones (excluding diaryl/α,β-unsaturated/α-hetero) is 1. The Hall–Kier alpha value is -1.16. The molecule has 0 heterocycles. The summed E-state index contributed by atoms with van der Waals surface area (Å²) in [6.07, 6.45) is 10.6. The Morgan fingerprint density at radius 1 is 1.14 bits per heavy atom. The fraction of sp³-hybridized carbons (Fsp3) is 0.765. The summed E-state index contributed by atoms with van der Waals surface area (Å²) in [5.41, 5.74) is 0. The maximum absolute atomic E-state index is 11.7. The number of carbonyl (C=O) groups is 2. The van der Waals surface area contributed by atoms with Gasteiger partial charge >= 0.3 is 5.97 Å². The monoisotopic (exact) mass is 297 g/mol. The predicted octanol–water partition coefficient (Wildman–Crippen LogP) is 3.40. The van der Waals surface area contributed by atoms with Gasteiger partial charge in [-0.3, -0.25) is 14.9 Å². The first-order chi connectivity index (χ1) is 10.1. The maximum atomic E-state index is 11.7. The Bertz CT molecular complexity index is 302. The van der Waals surface area contributed by atoms with Crippen molar-refractivity contribution in [3.63, 3.8) is 0 Å². The lowest BCUT2D eigenvalue weighted by molar-refractivity contribution is -0.145. The fourth-order valence-electron chi connectivity index (χ4n) is 2.02. The molecule has 0 saturated heterocycles. The Morgan fingerprint density at radius 3 is 2.38 bits per heavy atom. The van der Waals surface area contributed by atoms with E-state index >= 15 is 0 Å². The topological polar surface area (TPSA) is 55.4 Å². The van der Waals surface area contributed by atoms with Gasteiger partial charge in [0.05, 0.1) is 13.2 Å². The minimum atomic E-state index is -0.418. The van der Waals surface area contributed by atoms with Crippen LogP contribution in [0, 0.1) is 0 Å². The fourth-order valence-corrected chi connectivity index (χ4v) is 2.02. The van der Waals surface area contributed by atoms with E-state index in [2.05, 4.69) is 11.9 Å². The summed E-state index contributed by atoms with van der Waals surface area (Å²) in [7, 11) is 0. The molecule has 0 rings (SSSR count). The van der Waals surface area contributed by atoms with Crippen LogP contribution < -0.4 is 5.32 Å². The van der Waals surface area contributed by atoms with Crippen molar-refractivity contribution in [3.8, 4) is 0 Å². The SMILES string of the molecule is C=CCCCCCCCCC(=O)CNC(C)C(=O)OCC. The molecule has 1 atom stereocenters. The third-order valence-corrected chi connectivity index (χ3v) is 3.36. The molecule has 1 N–H and O–H groups in total. The standard InChI is InChI=1S/C17H31NO3/c1-4-6-7-8-9-10-11-12-13-16(19)14-18-15(3)17(20)21-5-2/h4,15,18H,1,5-14H2,2-3H3. The summed E-state index contributed by atoms with van der Waals surface area (Å²) < 4.78 is 4.87. The number of hydrogen-bond acceptors (Lipinski definition) is 4. The molecule has 0 bridgehead atoms. The molecule has 0 aromatic heterocycles. The quantitative estimate of drug-likeness (QED) is 0.303. The van der Waals surface area contributed by atoms with Crippen LogP contribution in [0.25, 0.3) is 0 Å². The highest BCUT2D eigenvalue weighted by Gasteiger charge is 2.14. The molecule has 0 aliphatic carbocycles. The summed E-state index contributed by atoms with van der Waals surface area (Å²) in [5.74, 6) is -0.136. The lowest BCUT2D eigenvalue weighted by Gasteiger charge is -2.11. The number of unbranched alkanes of at least 4 members (excludes halogenated alkanes) is 6. The highest BCUT2D eigenvalue weighted by atomic mass is 16.5. The van der Waals surface area contributed by atoms with Gasteiger partial charge in [-0.2, -0.15) is 0 Å². The van der Waals surface area contributed by atoms with Gasteiger partial charge in [0.2, 0.25) is 0 Å². The van der Waals surface area contributed by atoms with Gasteiger partial charge < -0.3 is 4.74 Å². The van der Waals surface area contributed by atoms with Crippen LogP contribution in [0.1, 0.15) is 65.2 Å². The van der Waals surface area contributed by atoms with Crippen LogP contribution in [0.5, 0.6) is 0 Å². The first-order valence-electron chi connectivity index (χ1n) is 8.14. The summed E-state index contributed by atoms with van der Waals surface area (Å²) >= 11 is 0. The molecule has 4 nitrogen and oxygen atoms in total. The van der Waals surface area contributed by atoms with Crippen LogP contribution in [-0.2, 0) is 14.3 Å². The van der Waals surface area contributed by atoms with Gasteiger partial charge in [0.15, 0.2) is 0 Å². The Kier molecular flexibility index (Phi) is 13.0. The van der Waals surface area contributed by atoms with Gasteiger partial charge in [-0.1, -0.05) is 31.8 Å². The molecule has 0 aliphatic rings. The van der Waals surface area contributed by atoms with Crippen molar-refractivity contribution < 1.29 is 14.3 Å². The summed E-state index contributed by atoms with van der Waals surface area (Å²) in [5, 5.41) is 2.91. The van der Waals surface area contributed by atoms with E-state index in [-0.39, 0.29) is 18.3 Å². The zero-order valence-electron chi connectivity index (χ0n) is 13.7. The molecule has 4 heteroatoms. The summed E-state index contributed by atoms with van der Waals surface area (Å²) in [6, 6.07) is -0.418. The van der Waals surface area contributed by atoms with Crippen LogP contribution in [-0.4, -0.2) is 30.9 Å². The number of ketones is 1. The molecule has 0 fully saturated rings. The molecule has 0 aromatic carbocycles. The number of hydrogen-bond donors (Lipinski definition) is 1. The molecule has 122 valence electrons. The van der Waals surface area contributed by atoms with Gasteiger partial charge in [-0.25, -0.2) is 0 Å². The minimum Gasteiger partial charge on any atom is -0.465 e. The average molecular weight is 297 g/mol. The van der Waals surface area contributed by atoms with Gasteiger partial charge in [-0.05, 0) is 33.1 Å². The third kappa shape index (κ3) is 12.3. The second-order valence-electron chi connectivity index (χ2n) is 5.34. The van der Waals surface area contributed by atoms with Crippen molar-refractivity contribution in [2.75, 3.05) is 13.2 Å². The van der Waals surface area contributed by atoms with Crippen LogP contribution >= 0.6 is 0 Å². The van der Waals surface area contributed by atoms with Crippen molar-refractivity contribution in [1.82, 2.24) is 5.32 Å². The van der Waals surface area contributed by atoms with E-state index in [0.717, 1.165) is 19.3 Å². The molecule has 0 aromatic rings. The molecule has 0 aliphatic heterocycles. The van der Waals surface area contributed by atoms with E-state index in [1.54, 1.807) is 13.8 Å². The first-order valence-corrected chi connectivity index (χ1v) is 8.14. The number of allylic oxidation sites excluding steroid dienone is 1. The molecular formula is C17H31NO3. The Labute approximate surface area is 129 Å². The largest absolute Gasteiger partial charge is 0.465 e. The maximum Gasteiger partial charge on any atom is 0.322 e. The van der Waals surface area contributed by atoms with Gasteiger partial charge in [0, 0.05) is 6.42 Å². The Balaban J connectivity index is 3.46. The number of esters is 1. The zero-order valence-corrected chi connectivity index (χ0v) is 13.7. The predicted molar refractivity (Wildman–Crippen MR) is 86.2 cm³/mol. The Morgan fingerprint density at radius 2 is 1.76 bits per heavy atom. The van der Waals surface area contributed by atoms with Gasteiger partial charge in [-0.15, -0.1) is 6.58 Å². The van der Waals surface area contributed by atoms with E-state index < -0.39 is 6.04 Å². The van der Waals surface area contributed by atoms with Crippen molar-refractivity contribution in [2.45, 2.75) is 71.3 Å². The van der Waals surface area contributed by atoms with Crippen molar-refractivity contribution in [3.05, 3.63) is 12.7 Å². The van der Waals surface area contributed by atoms with Crippen LogP contribution in [0.15, 0.2) is 12.7 Å². The zero-order chi connectivity index (χ0) is 15.9. The van der Waals surface area contributed by atoms with Crippen molar-refractivity contribution in [2.24, 2.45) is 0 Å². The molecule has 21 heavy (non-hydrogen) atoms. The summed E-state index contributed by atoms with van der Waals surface area (Å²) in [6.45, 7) is 7.81. The van der Waals surface area contributed by atoms with Gasteiger partial charge in [0.25, 0.3) is 0 Å². The van der Waals surface area contributed by atoms with Gasteiger partial charge in [0.1, 0.15) is 11.8 Å². The third-order valence-electron chi connectivity index (χ3n) is 3.36. The number of rotatable bonds is 14. The molecule has 0 radical (unpaired) electrons. The van der Waals surface area contributed by atoms with E-state index in [4.69, 9.17) is 4.74 Å². The number of nitrogens with one attached hydrogen (secondary N) is 1. The second kappa shape index (κ2) is 13.8. The lowest BCUT2D eigenvalue weighted by Crippen LogP contribution is -2.38. The normalized spacial score (nSPS) is 11.9. The molecule has 1 unspecified atom stereocenters.